The first-order valence-electron chi connectivity index (χ1n) is 4.67. The molecule has 1 heterocycles. The van der Waals surface area contributed by atoms with E-state index in [1.54, 1.807) is 24.3 Å². The number of nitrogens with zero attached hydrogens (tertiary/aromatic N) is 1. The molecule has 2 rings (SSSR count). The molecular weight excluding hydrogens is 263 g/mol. The van der Waals surface area contributed by atoms with E-state index in [1.807, 2.05) is 0 Å². The molecule has 2 aromatic rings. The van der Waals surface area contributed by atoms with Gasteiger partial charge in [0.25, 0.3) is 0 Å². The lowest BCUT2D eigenvalue weighted by Crippen LogP contribution is -2.19. The topological polar surface area (TPSA) is 69.8 Å². The zero-order chi connectivity index (χ0) is 12.3. The van der Waals surface area contributed by atoms with Gasteiger partial charge < -0.3 is 5.32 Å². The number of nitrogens with one attached hydrogen (secondary N) is 3. The second-order valence-corrected chi connectivity index (χ2v) is 3.99. The van der Waals surface area contributed by atoms with Crippen LogP contribution in [0.5, 0.6) is 0 Å². The Bertz CT molecular complexity index is 527. The number of halogens is 2. The lowest BCUT2D eigenvalue weighted by molar-refractivity contribution is 0.262. The number of amides is 2. The monoisotopic (exact) mass is 270 g/mol. The molecule has 7 heteroatoms. The quantitative estimate of drug-likeness (QED) is 0.783. The van der Waals surface area contributed by atoms with Crippen LogP contribution in [0.1, 0.15) is 0 Å². The largest absolute Gasteiger partial charge is 0.324 e. The van der Waals surface area contributed by atoms with Crippen molar-refractivity contribution >= 4 is 40.7 Å². The number of carbonyl (C=O) groups excluding carboxylic acids is 1. The van der Waals surface area contributed by atoms with Gasteiger partial charge in [-0.1, -0.05) is 23.2 Å². The van der Waals surface area contributed by atoms with Gasteiger partial charge in [0.15, 0.2) is 0 Å². The molecule has 0 aliphatic carbocycles. The number of benzene rings is 1. The Kier molecular flexibility index (Phi) is 3.51. The Balaban J connectivity index is 2.00. The highest BCUT2D eigenvalue weighted by Crippen LogP contribution is 2.24. The van der Waals surface area contributed by atoms with Crippen molar-refractivity contribution in [3.8, 4) is 0 Å². The molecule has 1 aromatic heterocycles. The first-order valence-corrected chi connectivity index (χ1v) is 5.43. The zero-order valence-corrected chi connectivity index (χ0v) is 10.0. The fourth-order valence-electron chi connectivity index (χ4n) is 1.18. The molecule has 0 aliphatic rings. The minimum atomic E-state index is -0.396. The van der Waals surface area contributed by atoms with Gasteiger partial charge in [0.1, 0.15) is 5.82 Å². The molecule has 88 valence electrons. The summed E-state index contributed by atoms with van der Waals surface area (Å²) in [5, 5.41) is 12.3. The summed E-state index contributed by atoms with van der Waals surface area (Å²) in [6.45, 7) is 0. The van der Waals surface area contributed by atoms with Gasteiger partial charge in [0.2, 0.25) is 0 Å². The molecule has 0 aliphatic heterocycles. The third kappa shape index (κ3) is 3.12. The smallest absolute Gasteiger partial charge is 0.308 e. The van der Waals surface area contributed by atoms with Crippen LogP contribution in [0.3, 0.4) is 0 Å². The number of H-pyrrole nitrogens is 1. The SMILES string of the molecule is O=C(Nc1ccc(Cl)c(Cl)c1)Nc1ccn[nH]1. The van der Waals surface area contributed by atoms with Gasteiger partial charge in [-0.3, -0.25) is 10.4 Å². The van der Waals surface area contributed by atoms with E-state index in [0.29, 0.717) is 21.6 Å². The second-order valence-electron chi connectivity index (χ2n) is 3.18. The predicted octanol–water partition coefficient (Wildman–Crippen LogP) is 3.36. The van der Waals surface area contributed by atoms with Gasteiger partial charge in [-0.2, -0.15) is 5.10 Å². The Hall–Kier alpha value is -1.72. The Morgan fingerprint density at radius 1 is 1.18 bits per heavy atom. The zero-order valence-electron chi connectivity index (χ0n) is 8.50. The van der Waals surface area contributed by atoms with E-state index < -0.39 is 6.03 Å². The first kappa shape index (κ1) is 11.8. The maximum atomic E-state index is 11.5. The fourth-order valence-corrected chi connectivity index (χ4v) is 1.48. The summed E-state index contributed by atoms with van der Waals surface area (Å²) in [7, 11) is 0. The van der Waals surface area contributed by atoms with Gasteiger partial charge in [-0.25, -0.2) is 4.79 Å². The molecule has 0 saturated heterocycles. The number of aromatic nitrogens is 2. The summed E-state index contributed by atoms with van der Waals surface area (Å²) in [6, 6.07) is 6.06. The molecule has 17 heavy (non-hydrogen) atoms. The highest BCUT2D eigenvalue weighted by molar-refractivity contribution is 6.42. The lowest BCUT2D eigenvalue weighted by Gasteiger charge is -2.06. The molecule has 0 radical (unpaired) electrons. The average Bonchev–Trinajstić information content (AvgIpc) is 2.76. The van der Waals surface area contributed by atoms with Crippen molar-refractivity contribution in [2.45, 2.75) is 0 Å². The molecule has 0 atom stereocenters. The van der Waals surface area contributed by atoms with Crippen LogP contribution in [-0.4, -0.2) is 16.2 Å². The number of aromatic amines is 1. The number of hydrogen-bond acceptors (Lipinski definition) is 2. The molecule has 0 saturated carbocycles. The number of hydrogen-bond donors (Lipinski definition) is 3. The number of rotatable bonds is 2. The van der Waals surface area contributed by atoms with Crippen molar-refractivity contribution in [2.24, 2.45) is 0 Å². The molecular formula is C10H8Cl2N4O. The standard InChI is InChI=1S/C10H8Cl2N4O/c11-7-2-1-6(5-8(7)12)14-10(17)15-9-3-4-13-16-9/h1-5H,(H3,13,14,15,16,17). The fraction of sp³-hybridized carbons (Fsp3) is 0. The van der Waals surface area contributed by atoms with Gasteiger partial charge in [-0.15, -0.1) is 0 Å². The van der Waals surface area contributed by atoms with Gasteiger partial charge >= 0.3 is 6.03 Å². The number of carbonyl (C=O) groups is 1. The van der Waals surface area contributed by atoms with E-state index in [1.165, 1.54) is 6.20 Å². The van der Waals surface area contributed by atoms with E-state index in [0.717, 1.165) is 0 Å². The van der Waals surface area contributed by atoms with Crippen LogP contribution in [-0.2, 0) is 0 Å². The van der Waals surface area contributed by atoms with Gasteiger partial charge in [0.05, 0.1) is 16.2 Å². The summed E-state index contributed by atoms with van der Waals surface area (Å²) in [6.07, 6.45) is 1.54. The second kappa shape index (κ2) is 5.07. The van der Waals surface area contributed by atoms with Crippen molar-refractivity contribution in [1.82, 2.24) is 10.2 Å². The van der Waals surface area contributed by atoms with Crippen molar-refractivity contribution in [3.63, 3.8) is 0 Å². The lowest BCUT2D eigenvalue weighted by atomic mass is 10.3. The Morgan fingerprint density at radius 3 is 2.65 bits per heavy atom. The van der Waals surface area contributed by atoms with Crippen LogP contribution in [0.4, 0.5) is 16.3 Å². The van der Waals surface area contributed by atoms with Crippen molar-refractivity contribution < 1.29 is 4.79 Å². The van der Waals surface area contributed by atoms with Crippen molar-refractivity contribution in [2.75, 3.05) is 10.6 Å². The normalized spacial score (nSPS) is 10.0. The number of anilines is 2. The molecule has 2 amide bonds. The third-order valence-electron chi connectivity index (χ3n) is 1.93. The van der Waals surface area contributed by atoms with E-state index in [4.69, 9.17) is 23.2 Å². The summed E-state index contributed by atoms with van der Waals surface area (Å²) < 4.78 is 0. The summed E-state index contributed by atoms with van der Waals surface area (Å²) in [5.74, 6) is 0.502. The van der Waals surface area contributed by atoms with Crippen LogP contribution >= 0.6 is 23.2 Å². The predicted molar refractivity (Wildman–Crippen MR) is 67.7 cm³/mol. The molecule has 0 unspecified atom stereocenters. The molecule has 0 spiro atoms. The summed E-state index contributed by atoms with van der Waals surface area (Å²) in [4.78, 5) is 11.5. The maximum absolute atomic E-state index is 11.5. The van der Waals surface area contributed by atoms with Crippen LogP contribution < -0.4 is 10.6 Å². The summed E-state index contributed by atoms with van der Waals surface area (Å²) in [5.41, 5.74) is 0.552. The Morgan fingerprint density at radius 2 is 2.00 bits per heavy atom. The first-order chi connectivity index (χ1) is 8.15. The van der Waals surface area contributed by atoms with E-state index >= 15 is 0 Å². The molecule has 3 N–H and O–H groups in total. The maximum Gasteiger partial charge on any atom is 0.324 e. The molecule has 5 nitrogen and oxygen atoms in total. The van der Waals surface area contributed by atoms with E-state index in [-0.39, 0.29) is 0 Å². The molecule has 0 bridgehead atoms. The van der Waals surface area contributed by atoms with Crippen LogP contribution in [0.25, 0.3) is 0 Å². The van der Waals surface area contributed by atoms with Gasteiger partial charge in [-0.05, 0) is 18.2 Å². The van der Waals surface area contributed by atoms with Crippen LogP contribution in [0.2, 0.25) is 10.0 Å². The summed E-state index contributed by atoms with van der Waals surface area (Å²) >= 11 is 11.6. The number of urea groups is 1. The Labute approximate surface area is 107 Å². The average molecular weight is 271 g/mol. The van der Waals surface area contributed by atoms with E-state index in [9.17, 15) is 4.79 Å². The minimum Gasteiger partial charge on any atom is -0.308 e. The van der Waals surface area contributed by atoms with Crippen LogP contribution in [0.15, 0.2) is 30.5 Å². The van der Waals surface area contributed by atoms with Crippen molar-refractivity contribution in [1.29, 1.82) is 0 Å². The van der Waals surface area contributed by atoms with Crippen molar-refractivity contribution in [3.05, 3.63) is 40.5 Å². The molecule has 0 fully saturated rings. The van der Waals surface area contributed by atoms with Gasteiger partial charge in [0, 0.05) is 11.8 Å². The van der Waals surface area contributed by atoms with Crippen LogP contribution in [0, 0.1) is 0 Å². The minimum absolute atomic E-state index is 0.381. The molecule has 1 aromatic carbocycles. The van der Waals surface area contributed by atoms with E-state index in [2.05, 4.69) is 20.8 Å². The highest BCUT2D eigenvalue weighted by Gasteiger charge is 2.05. The highest BCUT2D eigenvalue weighted by atomic mass is 35.5. The third-order valence-corrected chi connectivity index (χ3v) is 2.67.